The van der Waals surface area contributed by atoms with Gasteiger partial charge in [-0.1, -0.05) is 0 Å². The van der Waals surface area contributed by atoms with E-state index in [4.69, 9.17) is 9.15 Å². The standard InChI is InChI=1S/C15H11N3O5S.Na/c19-13-8(14-17(13)10(6-24-14)15(20)21)3-7-4-12-18(16-7)9-1-2-22-5-11(9)23-12;/h3-4,6,14H,1-2,5H2,(H,20,21);/q;+1/p-1/b8-3-;/t14-;/m1./s1. The Morgan fingerprint density at radius 3 is 3.12 bits per heavy atom. The number of hydrogen-bond acceptors (Lipinski definition) is 7. The van der Waals surface area contributed by atoms with E-state index in [1.807, 2.05) is 0 Å². The number of aromatic nitrogens is 2. The summed E-state index contributed by atoms with van der Waals surface area (Å²) in [5, 5.41) is 16.6. The van der Waals surface area contributed by atoms with E-state index in [-0.39, 0.29) is 46.5 Å². The summed E-state index contributed by atoms with van der Waals surface area (Å²) in [5.74, 6) is -0.894. The minimum atomic E-state index is -1.34. The molecular weight excluding hydrogens is 357 g/mol. The summed E-state index contributed by atoms with van der Waals surface area (Å²) < 4.78 is 12.8. The zero-order valence-corrected chi connectivity index (χ0v) is 16.0. The molecule has 3 aliphatic heterocycles. The van der Waals surface area contributed by atoms with Crippen molar-refractivity contribution in [3.63, 3.8) is 0 Å². The summed E-state index contributed by atoms with van der Waals surface area (Å²) in [4.78, 5) is 24.4. The van der Waals surface area contributed by atoms with Gasteiger partial charge in [0.25, 0.3) is 5.91 Å². The van der Waals surface area contributed by atoms with Crippen LogP contribution in [0.1, 0.15) is 17.1 Å². The van der Waals surface area contributed by atoms with Crippen LogP contribution in [0.2, 0.25) is 0 Å². The van der Waals surface area contributed by atoms with Crippen molar-refractivity contribution in [2.75, 3.05) is 6.61 Å². The first-order chi connectivity index (χ1) is 11.6. The number of ether oxygens (including phenoxy) is 1. The Kier molecular flexibility index (Phi) is 4.08. The summed E-state index contributed by atoms with van der Waals surface area (Å²) in [6.45, 7) is 1.07. The van der Waals surface area contributed by atoms with Crippen LogP contribution >= 0.6 is 11.8 Å². The van der Waals surface area contributed by atoms with E-state index in [2.05, 4.69) is 5.10 Å². The number of fused-ring (bicyclic) bond motifs is 4. The number of aliphatic carboxylic acids is 1. The maximum Gasteiger partial charge on any atom is 1.00 e. The van der Waals surface area contributed by atoms with Crippen molar-refractivity contribution in [2.45, 2.75) is 18.4 Å². The molecule has 1 fully saturated rings. The van der Waals surface area contributed by atoms with Crippen LogP contribution in [-0.2, 0) is 27.4 Å². The number of nitrogens with zero attached hydrogens (tertiary/aromatic N) is 3. The third-order valence-electron chi connectivity index (χ3n) is 4.26. The van der Waals surface area contributed by atoms with Gasteiger partial charge in [0, 0.05) is 12.5 Å². The van der Waals surface area contributed by atoms with E-state index >= 15 is 0 Å². The second kappa shape index (κ2) is 6.03. The van der Waals surface area contributed by atoms with E-state index in [1.54, 1.807) is 16.7 Å². The van der Waals surface area contributed by atoms with E-state index in [1.165, 1.54) is 22.1 Å². The van der Waals surface area contributed by atoms with Gasteiger partial charge >= 0.3 is 29.6 Å². The van der Waals surface area contributed by atoms with E-state index in [9.17, 15) is 14.7 Å². The van der Waals surface area contributed by atoms with Crippen molar-refractivity contribution in [1.29, 1.82) is 0 Å². The third kappa shape index (κ3) is 2.42. The minimum Gasteiger partial charge on any atom is -0.543 e. The fourth-order valence-electron chi connectivity index (χ4n) is 3.13. The molecule has 0 spiro atoms. The maximum atomic E-state index is 12.2. The molecule has 2 aromatic heterocycles. The normalized spacial score (nSPS) is 23.1. The van der Waals surface area contributed by atoms with Gasteiger partial charge < -0.3 is 19.1 Å². The molecule has 2 aromatic rings. The van der Waals surface area contributed by atoms with Crippen molar-refractivity contribution < 1.29 is 53.4 Å². The Bertz CT molecular complexity index is 975. The molecule has 122 valence electrons. The number of amides is 1. The first kappa shape index (κ1) is 16.9. The SMILES string of the molecule is O=C([O-])C1=CS[C@@H]2/C(=C\c3cc4oc5c(n4n3)CCOC5)C(=O)N12.[Na+]. The molecule has 0 aliphatic carbocycles. The summed E-state index contributed by atoms with van der Waals surface area (Å²) in [5.41, 5.74) is 2.63. The van der Waals surface area contributed by atoms with Gasteiger partial charge in [0.15, 0.2) is 5.76 Å². The zero-order chi connectivity index (χ0) is 16.4. The number of β-lactam (4-membered cyclic amide) rings is 1. The molecule has 10 heteroatoms. The predicted octanol–water partition coefficient (Wildman–Crippen LogP) is -3.11. The predicted molar refractivity (Wildman–Crippen MR) is 80.1 cm³/mol. The average molecular weight is 367 g/mol. The fraction of sp³-hybridized carbons (Fsp3) is 0.267. The zero-order valence-electron chi connectivity index (χ0n) is 13.2. The molecule has 5 rings (SSSR count). The van der Waals surface area contributed by atoms with Gasteiger partial charge in [-0.05, 0) is 11.5 Å². The van der Waals surface area contributed by atoms with E-state index in [0.29, 0.717) is 30.2 Å². The van der Waals surface area contributed by atoms with Gasteiger partial charge in [0.1, 0.15) is 12.0 Å². The van der Waals surface area contributed by atoms with Crippen LogP contribution in [0, 0.1) is 0 Å². The molecule has 0 bridgehead atoms. The van der Waals surface area contributed by atoms with Crippen LogP contribution < -0.4 is 34.7 Å². The monoisotopic (exact) mass is 367 g/mol. The van der Waals surface area contributed by atoms with Crippen molar-refractivity contribution in [1.82, 2.24) is 14.5 Å². The Balaban J connectivity index is 0.00000157. The maximum absolute atomic E-state index is 12.2. The number of carbonyl (C=O) groups excluding carboxylic acids is 2. The smallest absolute Gasteiger partial charge is 0.543 e. The Hall–Kier alpha value is -1.52. The minimum absolute atomic E-state index is 0. The topological polar surface area (TPSA) is 100 Å². The Morgan fingerprint density at radius 1 is 1.48 bits per heavy atom. The van der Waals surface area contributed by atoms with Gasteiger partial charge in [-0.3, -0.25) is 9.69 Å². The summed E-state index contributed by atoms with van der Waals surface area (Å²) in [7, 11) is 0. The molecule has 1 saturated heterocycles. The van der Waals surface area contributed by atoms with Gasteiger partial charge in [0.05, 0.1) is 35.2 Å². The number of rotatable bonds is 2. The number of carboxylic acid groups (broad SMARTS) is 1. The van der Waals surface area contributed by atoms with Crippen LogP contribution in [0.25, 0.3) is 11.8 Å². The summed E-state index contributed by atoms with van der Waals surface area (Å²) in [6, 6.07) is 1.76. The van der Waals surface area contributed by atoms with Crippen molar-refractivity contribution in [3.8, 4) is 0 Å². The van der Waals surface area contributed by atoms with Gasteiger partial charge in [-0.25, -0.2) is 4.52 Å². The Morgan fingerprint density at radius 2 is 2.32 bits per heavy atom. The van der Waals surface area contributed by atoms with Gasteiger partial charge in [-0.15, -0.1) is 11.8 Å². The van der Waals surface area contributed by atoms with E-state index in [0.717, 1.165) is 17.9 Å². The second-order valence-corrected chi connectivity index (χ2v) is 6.60. The van der Waals surface area contributed by atoms with Crippen LogP contribution in [-0.4, -0.2) is 38.4 Å². The van der Waals surface area contributed by atoms with Crippen molar-refractivity contribution in [2.24, 2.45) is 0 Å². The molecule has 25 heavy (non-hydrogen) atoms. The molecule has 0 radical (unpaired) electrons. The molecule has 0 saturated carbocycles. The number of carbonyl (C=O) groups is 2. The van der Waals surface area contributed by atoms with Crippen LogP contribution in [0.4, 0.5) is 0 Å². The van der Waals surface area contributed by atoms with Crippen LogP contribution in [0.15, 0.2) is 27.2 Å². The molecule has 8 nitrogen and oxygen atoms in total. The number of oxazole rings is 1. The first-order valence-electron chi connectivity index (χ1n) is 7.33. The molecule has 0 unspecified atom stereocenters. The quantitative estimate of drug-likeness (QED) is 0.315. The van der Waals surface area contributed by atoms with Crippen LogP contribution in [0.5, 0.6) is 0 Å². The average Bonchev–Trinajstić information content (AvgIpc) is 3.22. The molecular formula is C15H10N3NaO5S. The molecule has 5 heterocycles. The van der Waals surface area contributed by atoms with Crippen molar-refractivity contribution in [3.05, 3.63) is 39.9 Å². The van der Waals surface area contributed by atoms with Gasteiger partial charge in [0.2, 0.25) is 5.71 Å². The number of hydrogen-bond donors (Lipinski definition) is 0. The van der Waals surface area contributed by atoms with Crippen molar-refractivity contribution >= 4 is 35.4 Å². The van der Waals surface area contributed by atoms with Gasteiger partial charge in [-0.2, -0.15) is 5.10 Å². The van der Waals surface area contributed by atoms with E-state index < -0.39 is 5.97 Å². The molecule has 1 atom stereocenters. The summed E-state index contributed by atoms with van der Waals surface area (Å²) >= 11 is 1.27. The van der Waals surface area contributed by atoms with Crippen LogP contribution in [0.3, 0.4) is 0 Å². The largest absolute Gasteiger partial charge is 1.00 e. The molecule has 0 N–H and O–H groups in total. The Labute approximate surface area is 167 Å². The second-order valence-electron chi connectivity index (χ2n) is 5.65. The third-order valence-corrected chi connectivity index (χ3v) is 5.35. The number of carboxylic acids is 1. The molecule has 0 aromatic carbocycles. The number of thioether (sulfide) groups is 1. The first-order valence-corrected chi connectivity index (χ1v) is 8.28. The molecule has 1 amide bonds. The molecule has 3 aliphatic rings. The fourth-order valence-corrected chi connectivity index (χ4v) is 4.25. The summed E-state index contributed by atoms with van der Waals surface area (Å²) in [6.07, 6.45) is 2.40.